The maximum absolute atomic E-state index is 11.0. The molecule has 0 aromatic carbocycles. The first-order valence-electron chi connectivity index (χ1n) is 4.47. The van der Waals surface area contributed by atoms with Crippen molar-refractivity contribution < 1.29 is 9.90 Å². The number of carboxylic acids is 1. The number of hydrogen-bond acceptors (Lipinski definition) is 3. The van der Waals surface area contributed by atoms with Crippen LogP contribution in [0.4, 0.5) is 0 Å². The van der Waals surface area contributed by atoms with Crippen molar-refractivity contribution in [2.75, 3.05) is 0 Å². The van der Waals surface area contributed by atoms with Gasteiger partial charge in [-0.15, -0.1) is 0 Å². The van der Waals surface area contributed by atoms with Gasteiger partial charge in [0.2, 0.25) is 0 Å². The molecule has 2 aromatic rings. The van der Waals surface area contributed by atoms with Crippen molar-refractivity contribution in [1.82, 2.24) is 9.97 Å². The van der Waals surface area contributed by atoms with Gasteiger partial charge < -0.3 is 5.11 Å². The molecule has 0 amide bonds. The van der Waals surface area contributed by atoms with Gasteiger partial charge in [0.1, 0.15) is 0 Å². The lowest BCUT2D eigenvalue weighted by Crippen LogP contribution is -2.01. The standard InChI is InChI=1S/C11H7ClN2O2/c12-8-4-9(11(15)16)10(14-6-8)7-2-1-3-13-5-7/h1-6H,(H,15,16). The molecule has 5 heteroatoms. The van der Waals surface area contributed by atoms with E-state index in [1.165, 1.54) is 12.3 Å². The quantitative estimate of drug-likeness (QED) is 0.867. The Morgan fingerprint density at radius 2 is 2.19 bits per heavy atom. The van der Waals surface area contributed by atoms with Crippen LogP contribution in [-0.4, -0.2) is 21.0 Å². The molecule has 4 nitrogen and oxygen atoms in total. The van der Waals surface area contributed by atoms with Crippen molar-refractivity contribution in [3.63, 3.8) is 0 Å². The summed E-state index contributed by atoms with van der Waals surface area (Å²) in [7, 11) is 0. The van der Waals surface area contributed by atoms with Crippen molar-refractivity contribution in [3.8, 4) is 11.3 Å². The molecule has 0 unspecified atom stereocenters. The second-order valence-corrected chi connectivity index (χ2v) is 3.53. The van der Waals surface area contributed by atoms with Gasteiger partial charge in [-0.1, -0.05) is 11.6 Å². The molecule has 0 bridgehead atoms. The highest BCUT2D eigenvalue weighted by Crippen LogP contribution is 2.22. The number of halogens is 1. The summed E-state index contributed by atoms with van der Waals surface area (Å²) < 4.78 is 0. The summed E-state index contributed by atoms with van der Waals surface area (Å²) in [5, 5.41) is 9.33. The maximum Gasteiger partial charge on any atom is 0.337 e. The lowest BCUT2D eigenvalue weighted by molar-refractivity contribution is 0.0697. The summed E-state index contributed by atoms with van der Waals surface area (Å²) in [5.74, 6) is -1.06. The summed E-state index contributed by atoms with van der Waals surface area (Å²) in [6.45, 7) is 0. The maximum atomic E-state index is 11.0. The molecule has 80 valence electrons. The Kier molecular flexibility index (Phi) is 2.83. The average molecular weight is 235 g/mol. The second kappa shape index (κ2) is 4.28. The monoisotopic (exact) mass is 234 g/mol. The van der Waals surface area contributed by atoms with Crippen LogP contribution >= 0.6 is 11.6 Å². The number of carbonyl (C=O) groups is 1. The highest BCUT2D eigenvalue weighted by molar-refractivity contribution is 6.30. The number of nitrogens with zero attached hydrogens (tertiary/aromatic N) is 2. The molecular weight excluding hydrogens is 228 g/mol. The normalized spacial score (nSPS) is 10.1. The topological polar surface area (TPSA) is 63.1 Å². The van der Waals surface area contributed by atoms with E-state index in [1.54, 1.807) is 24.5 Å². The van der Waals surface area contributed by atoms with Gasteiger partial charge in [-0.3, -0.25) is 9.97 Å². The molecule has 2 rings (SSSR count). The van der Waals surface area contributed by atoms with Crippen LogP contribution in [0, 0.1) is 0 Å². The van der Waals surface area contributed by atoms with Gasteiger partial charge in [-0.2, -0.15) is 0 Å². The van der Waals surface area contributed by atoms with E-state index in [9.17, 15) is 4.79 Å². The Labute approximate surface area is 96.6 Å². The highest BCUT2D eigenvalue weighted by Gasteiger charge is 2.13. The molecule has 2 aromatic heterocycles. The zero-order valence-electron chi connectivity index (χ0n) is 8.09. The average Bonchev–Trinajstić information content (AvgIpc) is 2.30. The molecule has 16 heavy (non-hydrogen) atoms. The Morgan fingerprint density at radius 3 is 2.81 bits per heavy atom. The van der Waals surface area contributed by atoms with Crippen LogP contribution in [0.15, 0.2) is 36.8 Å². The van der Waals surface area contributed by atoms with E-state index >= 15 is 0 Å². The second-order valence-electron chi connectivity index (χ2n) is 3.10. The van der Waals surface area contributed by atoms with Crippen LogP contribution in [0.2, 0.25) is 5.02 Å². The molecule has 0 aliphatic rings. The minimum atomic E-state index is -1.06. The molecule has 0 aliphatic heterocycles. The highest BCUT2D eigenvalue weighted by atomic mass is 35.5. The molecule has 0 aliphatic carbocycles. The predicted octanol–water partition coefficient (Wildman–Crippen LogP) is 2.50. The summed E-state index contributed by atoms with van der Waals surface area (Å²) in [5.41, 5.74) is 1.09. The number of aromatic carboxylic acids is 1. The fourth-order valence-electron chi connectivity index (χ4n) is 1.34. The van der Waals surface area contributed by atoms with Crippen LogP contribution in [0.3, 0.4) is 0 Å². The minimum absolute atomic E-state index is 0.0699. The third kappa shape index (κ3) is 2.01. The Morgan fingerprint density at radius 1 is 1.38 bits per heavy atom. The third-order valence-electron chi connectivity index (χ3n) is 2.02. The molecule has 2 heterocycles. The van der Waals surface area contributed by atoms with Gasteiger partial charge in [-0.05, 0) is 18.2 Å². The molecule has 0 saturated carbocycles. The lowest BCUT2D eigenvalue weighted by atomic mass is 10.1. The van der Waals surface area contributed by atoms with Crippen LogP contribution in [0.5, 0.6) is 0 Å². The van der Waals surface area contributed by atoms with E-state index in [0.717, 1.165) is 0 Å². The summed E-state index contributed by atoms with van der Waals surface area (Å²) in [6.07, 6.45) is 4.58. The minimum Gasteiger partial charge on any atom is -0.478 e. The number of pyridine rings is 2. The lowest BCUT2D eigenvalue weighted by Gasteiger charge is -2.04. The number of carboxylic acid groups (broad SMARTS) is 1. The van der Waals surface area contributed by atoms with E-state index in [0.29, 0.717) is 16.3 Å². The first kappa shape index (κ1) is 10.6. The largest absolute Gasteiger partial charge is 0.478 e. The Balaban J connectivity index is 2.61. The van der Waals surface area contributed by atoms with Crippen molar-refractivity contribution in [3.05, 3.63) is 47.4 Å². The summed E-state index contributed by atoms with van der Waals surface area (Å²) in [6, 6.07) is 4.84. The fourth-order valence-corrected chi connectivity index (χ4v) is 1.49. The van der Waals surface area contributed by atoms with Gasteiger partial charge in [0, 0.05) is 24.2 Å². The van der Waals surface area contributed by atoms with E-state index in [4.69, 9.17) is 16.7 Å². The number of hydrogen-bond donors (Lipinski definition) is 1. The molecule has 0 spiro atoms. The van der Waals surface area contributed by atoms with Gasteiger partial charge in [-0.25, -0.2) is 4.79 Å². The predicted molar refractivity (Wildman–Crippen MR) is 59.4 cm³/mol. The first-order valence-corrected chi connectivity index (χ1v) is 4.85. The third-order valence-corrected chi connectivity index (χ3v) is 2.23. The summed E-state index contributed by atoms with van der Waals surface area (Å²) >= 11 is 5.71. The van der Waals surface area contributed by atoms with E-state index < -0.39 is 5.97 Å². The smallest absolute Gasteiger partial charge is 0.337 e. The first-order chi connectivity index (χ1) is 7.68. The number of rotatable bonds is 2. The molecule has 0 fully saturated rings. The zero-order chi connectivity index (χ0) is 11.5. The van der Waals surface area contributed by atoms with Crippen molar-refractivity contribution in [2.24, 2.45) is 0 Å². The SMILES string of the molecule is O=C(O)c1cc(Cl)cnc1-c1cccnc1. The fraction of sp³-hybridized carbons (Fsp3) is 0. The van der Waals surface area contributed by atoms with Gasteiger partial charge >= 0.3 is 5.97 Å². The van der Waals surface area contributed by atoms with E-state index in [1.807, 2.05) is 0 Å². The molecule has 0 radical (unpaired) electrons. The van der Waals surface area contributed by atoms with Crippen molar-refractivity contribution >= 4 is 17.6 Å². The van der Waals surface area contributed by atoms with Crippen LogP contribution < -0.4 is 0 Å². The molecule has 0 atom stereocenters. The van der Waals surface area contributed by atoms with Gasteiger partial charge in [0.25, 0.3) is 0 Å². The van der Waals surface area contributed by atoms with Crippen molar-refractivity contribution in [2.45, 2.75) is 0 Å². The van der Waals surface area contributed by atoms with Crippen LogP contribution in [-0.2, 0) is 0 Å². The van der Waals surface area contributed by atoms with Crippen molar-refractivity contribution in [1.29, 1.82) is 0 Å². The van der Waals surface area contributed by atoms with E-state index in [-0.39, 0.29) is 5.56 Å². The number of aromatic nitrogens is 2. The van der Waals surface area contributed by atoms with Crippen LogP contribution in [0.1, 0.15) is 10.4 Å². The zero-order valence-corrected chi connectivity index (χ0v) is 8.85. The van der Waals surface area contributed by atoms with Gasteiger partial charge in [0.15, 0.2) is 0 Å². The molecule has 1 N–H and O–H groups in total. The Hall–Kier alpha value is -1.94. The molecular formula is C11H7ClN2O2. The summed E-state index contributed by atoms with van der Waals surface area (Å²) in [4.78, 5) is 19.0. The van der Waals surface area contributed by atoms with Gasteiger partial charge in [0.05, 0.1) is 16.3 Å². The Bertz CT molecular complexity index is 529. The molecule has 0 saturated heterocycles. The van der Waals surface area contributed by atoms with Crippen LogP contribution in [0.25, 0.3) is 11.3 Å². The van der Waals surface area contributed by atoms with E-state index in [2.05, 4.69) is 9.97 Å².